The number of nitrogens with zero attached hydrogens (tertiary/aromatic N) is 2. The van der Waals surface area contributed by atoms with Crippen molar-refractivity contribution in [2.24, 2.45) is 0 Å². The molecule has 0 fully saturated rings. The monoisotopic (exact) mass is 402 g/mol. The van der Waals surface area contributed by atoms with Crippen molar-refractivity contribution in [1.82, 2.24) is 9.97 Å². The Morgan fingerprint density at radius 2 is 1.55 bits per heavy atom. The molecule has 0 unspecified atom stereocenters. The summed E-state index contributed by atoms with van der Waals surface area (Å²) in [6.45, 7) is -0.530. The van der Waals surface area contributed by atoms with Crippen molar-refractivity contribution in [2.75, 3.05) is 17.2 Å². The third-order valence-electron chi connectivity index (χ3n) is 3.53. The largest absolute Gasteiger partial charge is 0.453 e. The Morgan fingerprint density at radius 3 is 2.21 bits per heavy atom. The van der Waals surface area contributed by atoms with Crippen LogP contribution in [0.25, 0.3) is 0 Å². The van der Waals surface area contributed by atoms with E-state index in [1.165, 1.54) is 36.7 Å². The normalized spacial score (nSPS) is 10.3. The standard InChI is InChI=1S/C19H13F3N4O3/c20-12-1-4-14(5-2-12)25-18(28)11-8-23-19(24-9-11)29-10-17(27)26-16-6-3-13(21)7-15(16)22/h1-9H,10H2,(H,25,28)(H,26,27). The minimum atomic E-state index is -0.925. The predicted octanol–water partition coefficient (Wildman–Crippen LogP) is 3.16. The third kappa shape index (κ3) is 5.51. The summed E-state index contributed by atoms with van der Waals surface area (Å²) in [5.41, 5.74) is 0.301. The van der Waals surface area contributed by atoms with Gasteiger partial charge >= 0.3 is 6.01 Å². The van der Waals surface area contributed by atoms with E-state index in [4.69, 9.17) is 4.74 Å². The number of halogens is 3. The fourth-order valence-electron chi connectivity index (χ4n) is 2.15. The van der Waals surface area contributed by atoms with E-state index in [0.717, 1.165) is 12.1 Å². The molecule has 0 spiro atoms. The number of nitrogens with one attached hydrogen (secondary N) is 2. The minimum Gasteiger partial charge on any atom is -0.453 e. The zero-order chi connectivity index (χ0) is 20.8. The van der Waals surface area contributed by atoms with E-state index >= 15 is 0 Å². The van der Waals surface area contributed by atoms with E-state index in [-0.39, 0.29) is 17.3 Å². The number of amides is 2. The lowest BCUT2D eigenvalue weighted by Gasteiger charge is -2.08. The number of hydrogen-bond acceptors (Lipinski definition) is 5. The van der Waals surface area contributed by atoms with Gasteiger partial charge in [0.1, 0.15) is 17.5 Å². The molecular weight excluding hydrogens is 389 g/mol. The highest BCUT2D eigenvalue weighted by Gasteiger charge is 2.11. The van der Waals surface area contributed by atoms with Crippen molar-refractivity contribution in [2.45, 2.75) is 0 Å². The van der Waals surface area contributed by atoms with Crippen LogP contribution >= 0.6 is 0 Å². The summed E-state index contributed by atoms with van der Waals surface area (Å²) < 4.78 is 44.3. The number of anilines is 2. The van der Waals surface area contributed by atoms with Gasteiger partial charge in [0.05, 0.1) is 11.3 Å². The number of carbonyl (C=O) groups is 2. The SMILES string of the molecule is O=C(COc1ncc(C(=O)Nc2ccc(F)cc2)cn1)Nc1ccc(F)cc1F. The molecule has 7 nitrogen and oxygen atoms in total. The van der Waals surface area contributed by atoms with Crippen LogP contribution in [0.15, 0.2) is 54.9 Å². The molecule has 0 bridgehead atoms. The summed E-state index contributed by atoms with van der Waals surface area (Å²) in [7, 11) is 0. The van der Waals surface area contributed by atoms with Crippen molar-refractivity contribution in [3.63, 3.8) is 0 Å². The van der Waals surface area contributed by atoms with E-state index < -0.39 is 35.9 Å². The van der Waals surface area contributed by atoms with E-state index in [1.807, 2.05) is 0 Å². The van der Waals surface area contributed by atoms with E-state index in [2.05, 4.69) is 20.6 Å². The Labute approximate surface area is 162 Å². The number of aromatic nitrogens is 2. The molecule has 2 amide bonds. The number of carbonyl (C=O) groups excluding carboxylic acids is 2. The summed E-state index contributed by atoms with van der Waals surface area (Å²) in [5.74, 6) is -3.36. The molecule has 0 aliphatic carbocycles. The molecule has 0 saturated carbocycles. The van der Waals surface area contributed by atoms with E-state index in [0.29, 0.717) is 11.8 Å². The lowest BCUT2D eigenvalue weighted by atomic mass is 10.2. The Bertz CT molecular complexity index is 1030. The highest BCUT2D eigenvalue weighted by molar-refractivity contribution is 6.03. The molecule has 10 heteroatoms. The van der Waals surface area contributed by atoms with E-state index in [1.54, 1.807) is 0 Å². The molecule has 1 aromatic heterocycles. The smallest absolute Gasteiger partial charge is 0.316 e. The van der Waals surface area contributed by atoms with Crippen molar-refractivity contribution in [1.29, 1.82) is 0 Å². The maximum absolute atomic E-state index is 13.5. The lowest BCUT2D eigenvalue weighted by molar-refractivity contribution is -0.118. The molecule has 0 saturated heterocycles. The molecule has 2 N–H and O–H groups in total. The van der Waals surface area contributed by atoms with Gasteiger partial charge in [-0.3, -0.25) is 9.59 Å². The van der Waals surface area contributed by atoms with Crippen LogP contribution in [0.2, 0.25) is 0 Å². The average molecular weight is 402 g/mol. The van der Waals surface area contributed by atoms with Gasteiger partial charge in [-0.25, -0.2) is 23.1 Å². The molecule has 29 heavy (non-hydrogen) atoms. The van der Waals surface area contributed by atoms with Gasteiger partial charge in [-0.1, -0.05) is 0 Å². The first-order chi connectivity index (χ1) is 13.9. The molecular formula is C19H13F3N4O3. The summed E-state index contributed by atoms with van der Waals surface area (Å²) in [6.07, 6.45) is 2.36. The molecule has 148 valence electrons. The van der Waals surface area contributed by atoms with Crippen molar-refractivity contribution < 1.29 is 27.5 Å². The zero-order valence-electron chi connectivity index (χ0n) is 14.7. The minimum absolute atomic E-state index is 0.111. The van der Waals surface area contributed by atoms with Crippen LogP contribution in [0.5, 0.6) is 6.01 Å². The third-order valence-corrected chi connectivity index (χ3v) is 3.53. The van der Waals surface area contributed by atoms with Gasteiger partial charge in [-0.2, -0.15) is 0 Å². The number of rotatable bonds is 6. The number of ether oxygens (including phenoxy) is 1. The molecule has 0 radical (unpaired) electrons. The molecule has 0 aliphatic rings. The zero-order valence-corrected chi connectivity index (χ0v) is 14.7. The van der Waals surface area contributed by atoms with Gasteiger partial charge in [0.15, 0.2) is 6.61 Å². The maximum Gasteiger partial charge on any atom is 0.316 e. The molecule has 0 atom stereocenters. The Hall–Kier alpha value is -3.95. The van der Waals surface area contributed by atoms with Crippen LogP contribution in [0, 0.1) is 17.5 Å². The Balaban J connectivity index is 1.52. The lowest BCUT2D eigenvalue weighted by Crippen LogP contribution is -2.21. The highest BCUT2D eigenvalue weighted by atomic mass is 19.1. The molecule has 3 rings (SSSR count). The summed E-state index contributed by atoms with van der Waals surface area (Å²) in [6, 6.07) is 7.72. The number of hydrogen-bond donors (Lipinski definition) is 2. The molecule has 0 aliphatic heterocycles. The van der Waals surface area contributed by atoms with Gasteiger partial charge < -0.3 is 15.4 Å². The molecule has 2 aromatic carbocycles. The fraction of sp³-hybridized carbons (Fsp3) is 0.0526. The van der Waals surface area contributed by atoms with Crippen LogP contribution in [0.1, 0.15) is 10.4 Å². The van der Waals surface area contributed by atoms with Crippen molar-refractivity contribution in [3.05, 3.63) is 77.9 Å². The van der Waals surface area contributed by atoms with Gasteiger partial charge in [-0.05, 0) is 36.4 Å². The first-order valence-electron chi connectivity index (χ1n) is 8.17. The maximum atomic E-state index is 13.5. The fourth-order valence-corrected chi connectivity index (χ4v) is 2.15. The van der Waals surface area contributed by atoms with Crippen LogP contribution in [-0.4, -0.2) is 28.4 Å². The first kappa shape index (κ1) is 19.8. The van der Waals surface area contributed by atoms with Crippen LogP contribution in [-0.2, 0) is 4.79 Å². The topological polar surface area (TPSA) is 93.2 Å². The van der Waals surface area contributed by atoms with Crippen molar-refractivity contribution >= 4 is 23.2 Å². The summed E-state index contributed by atoms with van der Waals surface area (Å²) in [5, 5.41) is 4.76. The van der Waals surface area contributed by atoms with Crippen molar-refractivity contribution in [3.8, 4) is 6.01 Å². The molecule has 1 heterocycles. The van der Waals surface area contributed by atoms with Crippen LogP contribution in [0.4, 0.5) is 24.5 Å². The van der Waals surface area contributed by atoms with Gasteiger partial charge in [0.25, 0.3) is 11.8 Å². The second-order valence-electron chi connectivity index (χ2n) is 5.68. The predicted molar refractivity (Wildman–Crippen MR) is 96.9 cm³/mol. The van der Waals surface area contributed by atoms with E-state index in [9.17, 15) is 22.8 Å². The second-order valence-corrected chi connectivity index (χ2v) is 5.68. The second kappa shape index (κ2) is 8.83. The summed E-state index contributed by atoms with van der Waals surface area (Å²) >= 11 is 0. The number of benzene rings is 2. The first-order valence-corrected chi connectivity index (χ1v) is 8.17. The van der Waals surface area contributed by atoms with Gasteiger partial charge in [-0.15, -0.1) is 0 Å². The van der Waals surface area contributed by atoms with Crippen LogP contribution < -0.4 is 15.4 Å². The van der Waals surface area contributed by atoms with Gasteiger partial charge in [0.2, 0.25) is 0 Å². The molecule has 3 aromatic rings. The van der Waals surface area contributed by atoms with Crippen LogP contribution in [0.3, 0.4) is 0 Å². The summed E-state index contributed by atoms with van der Waals surface area (Å²) in [4.78, 5) is 31.5. The Morgan fingerprint density at radius 1 is 0.897 bits per heavy atom. The average Bonchev–Trinajstić information content (AvgIpc) is 2.70. The Kier molecular flexibility index (Phi) is 6.03. The quantitative estimate of drug-likeness (QED) is 0.661. The highest BCUT2D eigenvalue weighted by Crippen LogP contribution is 2.15. The van der Waals surface area contributed by atoms with Gasteiger partial charge in [0, 0.05) is 24.1 Å².